The maximum atomic E-state index is 5.49. The van der Waals surface area contributed by atoms with Crippen LogP contribution in [0.3, 0.4) is 0 Å². The topological polar surface area (TPSA) is 35.1 Å². The van der Waals surface area contributed by atoms with Crippen molar-refractivity contribution in [1.29, 1.82) is 0 Å². The Hall–Kier alpha value is -7.04. The van der Waals surface area contributed by atoms with Crippen molar-refractivity contribution in [1.82, 2.24) is 18.9 Å². The molecule has 0 fully saturated rings. The van der Waals surface area contributed by atoms with Gasteiger partial charge in [0.05, 0.1) is 33.1 Å². The highest BCUT2D eigenvalue weighted by Gasteiger charge is 2.26. The van der Waals surface area contributed by atoms with Crippen LogP contribution in [0.5, 0.6) is 0 Å². The van der Waals surface area contributed by atoms with Gasteiger partial charge in [-0.25, -0.2) is 9.97 Å². The number of nitrogens with zero attached hydrogens (tertiary/aromatic N) is 4. The monoisotopic (exact) mass is 660 g/mol. The maximum absolute atomic E-state index is 5.49. The number of aromatic nitrogens is 4. The van der Waals surface area contributed by atoms with Crippen LogP contribution < -0.4 is 0 Å². The molecule has 0 amide bonds. The minimum atomic E-state index is 0.705. The third kappa shape index (κ3) is 3.65. The average Bonchev–Trinajstić information content (AvgIpc) is 3.85. The summed E-state index contributed by atoms with van der Waals surface area (Å²) in [6.07, 6.45) is 0. The van der Waals surface area contributed by atoms with Gasteiger partial charge in [0.25, 0.3) is 0 Å². The standard InChI is InChI=1S/C48H28N4/c1-2-13-29(14-3-1)31-16-12-17-32(27-31)47-49-38-22-9-6-19-34(38)48(50-47)52-40-24-11-7-20-35(40)44-42(52)28-37-43-33-18-5-4-15-30(33)25-26-41(43)51-39-23-10-8-21-36(39)45(44)46(37)51/h1-28H. The van der Waals surface area contributed by atoms with Gasteiger partial charge < -0.3 is 4.40 Å². The molecule has 4 aromatic heterocycles. The predicted octanol–water partition coefficient (Wildman–Crippen LogP) is 12.4. The van der Waals surface area contributed by atoms with Gasteiger partial charge in [-0.15, -0.1) is 0 Å². The largest absolute Gasteiger partial charge is 0.308 e. The van der Waals surface area contributed by atoms with Crippen molar-refractivity contribution < 1.29 is 0 Å². The van der Waals surface area contributed by atoms with E-state index in [9.17, 15) is 0 Å². The normalized spacial score (nSPS) is 12.2. The van der Waals surface area contributed by atoms with Crippen LogP contribution in [0.2, 0.25) is 0 Å². The Morgan fingerprint density at radius 3 is 1.90 bits per heavy atom. The van der Waals surface area contributed by atoms with E-state index in [0.717, 1.165) is 38.9 Å². The maximum Gasteiger partial charge on any atom is 0.162 e. The van der Waals surface area contributed by atoms with Crippen LogP contribution in [0.15, 0.2) is 170 Å². The van der Waals surface area contributed by atoms with Crippen molar-refractivity contribution in [2.24, 2.45) is 0 Å². The Morgan fingerprint density at radius 2 is 1.04 bits per heavy atom. The van der Waals surface area contributed by atoms with Crippen molar-refractivity contribution in [2.75, 3.05) is 0 Å². The Morgan fingerprint density at radius 1 is 0.365 bits per heavy atom. The number of fused-ring (bicyclic) bond motifs is 13. The molecule has 0 aliphatic rings. The third-order valence-electron chi connectivity index (χ3n) is 11.0. The van der Waals surface area contributed by atoms with Gasteiger partial charge >= 0.3 is 0 Å². The first-order chi connectivity index (χ1) is 25.8. The molecule has 4 heterocycles. The molecule has 0 unspecified atom stereocenters. The molecule has 0 spiro atoms. The molecule has 0 N–H and O–H groups in total. The van der Waals surface area contributed by atoms with Crippen molar-refractivity contribution >= 4 is 81.6 Å². The van der Waals surface area contributed by atoms with Gasteiger partial charge in [0.2, 0.25) is 0 Å². The minimum absolute atomic E-state index is 0.705. The van der Waals surface area contributed by atoms with Crippen LogP contribution in [-0.2, 0) is 0 Å². The summed E-state index contributed by atoms with van der Waals surface area (Å²) in [4.78, 5) is 10.7. The van der Waals surface area contributed by atoms with Gasteiger partial charge in [-0.2, -0.15) is 0 Å². The van der Waals surface area contributed by atoms with E-state index in [0.29, 0.717) is 5.82 Å². The van der Waals surface area contributed by atoms with E-state index >= 15 is 0 Å². The first kappa shape index (κ1) is 27.7. The molecule has 0 bridgehead atoms. The van der Waals surface area contributed by atoms with E-state index in [4.69, 9.17) is 9.97 Å². The summed E-state index contributed by atoms with van der Waals surface area (Å²) < 4.78 is 4.88. The summed E-state index contributed by atoms with van der Waals surface area (Å²) in [5, 5.41) is 11.1. The van der Waals surface area contributed by atoms with Gasteiger partial charge in [-0.05, 0) is 64.4 Å². The van der Waals surface area contributed by atoms with Gasteiger partial charge in [-0.3, -0.25) is 4.57 Å². The summed E-state index contributed by atoms with van der Waals surface area (Å²) in [6, 6.07) is 60.9. The number of rotatable bonds is 3. The summed E-state index contributed by atoms with van der Waals surface area (Å²) in [5.41, 5.74) is 10.2. The molecule has 240 valence electrons. The lowest BCUT2D eigenvalue weighted by atomic mass is 9.99. The summed E-state index contributed by atoms with van der Waals surface area (Å²) in [7, 11) is 0. The van der Waals surface area contributed by atoms with Crippen LogP contribution in [0.1, 0.15) is 0 Å². The lowest BCUT2D eigenvalue weighted by Crippen LogP contribution is -2.02. The van der Waals surface area contributed by atoms with Crippen molar-refractivity contribution in [3.8, 4) is 28.3 Å². The molecule has 0 saturated carbocycles. The Kier molecular flexibility index (Phi) is 5.47. The first-order valence-electron chi connectivity index (χ1n) is 17.8. The summed E-state index contributed by atoms with van der Waals surface area (Å²) in [5.74, 6) is 1.58. The zero-order valence-corrected chi connectivity index (χ0v) is 28.0. The van der Waals surface area contributed by atoms with Gasteiger partial charge in [-0.1, -0.05) is 127 Å². The average molecular weight is 661 g/mol. The Balaban J connectivity index is 1.26. The molecular weight excluding hydrogens is 633 g/mol. The Bertz CT molecular complexity index is 3410. The molecule has 12 aromatic rings. The molecule has 12 rings (SSSR count). The van der Waals surface area contributed by atoms with E-state index in [2.05, 4.69) is 179 Å². The number of para-hydroxylation sites is 3. The van der Waals surface area contributed by atoms with E-state index < -0.39 is 0 Å². The van der Waals surface area contributed by atoms with E-state index in [1.807, 2.05) is 0 Å². The van der Waals surface area contributed by atoms with Crippen molar-refractivity contribution in [3.05, 3.63) is 170 Å². The molecule has 0 radical (unpaired) electrons. The lowest BCUT2D eigenvalue weighted by molar-refractivity contribution is 1.08. The smallest absolute Gasteiger partial charge is 0.162 e. The second-order valence-electron chi connectivity index (χ2n) is 13.8. The second kappa shape index (κ2) is 10.3. The van der Waals surface area contributed by atoms with Gasteiger partial charge in [0.15, 0.2) is 5.82 Å². The molecule has 0 aliphatic carbocycles. The van der Waals surface area contributed by atoms with Crippen LogP contribution in [0.4, 0.5) is 0 Å². The summed E-state index contributed by atoms with van der Waals surface area (Å²) >= 11 is 0. The molecule has 4 nitrogen and oxygen atoms in total. The fourth-order valence-electron chi connectivity index (χ4n) is 8.84. The highest BCUT2D eigenvalue weighted by atomic mass is 15.1. The van der Waals surface area contributed by atoms with Crippen molar-refractivity contribution in [2.45, 2.75) is 0 Å². The summed E-state index contributed by atoms with van der Waals surface area (Å²) in [6.45, 7) is 0. The van der Waals surface area contributed by atoms with Crippen molar-refractivity contribution in [3.63, 3.8) is 0 Å². The molecule has 0 aliphatic heterocycles. The fraction of sp³-hybridized carbons (Fsp3) is 0. The first-order valence-corrected chi connectivity index (χ1v) is 17.8. The van der Waals surface area contributed by atoms with Gasteiger partial charge in [0.1, 0.15) is 5.82 Å². The van der Waals surface area contributed by atoms with Crippen LogP contribution in [0, 0.1) is 0 Å². The van der Waals surface area contributed by atoms with E-state index in [1.54, 1.807) is 0 Å². The quantitative estimate of drug-likeness (QED) is 0.189. The van der Waals surface area contributed by atoms with Gasteiger partial charge in [0, 0.05) is 43.3 Å². The molecule has 4 heteroatoms. The molecule has 0 saturated heterocycles. The zero-order valence-electron chi connectivity index (χ0n) is 28.0. The van der Waals surface area contributed by atoms with Crippen LogP contribution in [0.25, 0.3) is 110 Å². The highest BCUT2D eigenvalue weighted by Crippen LogP contribution is 2.48. The Labute approximate surface area is 297 Å². The van der Waals surface area contributed by atoms with E-state index in [1.165, 1.54) is 65.2 Å². The molecule has 8 aromatic carbocycles. The number of benzene rings is 8. The van der Waals surface area contributed by atoms with Crippen LogP contribution >= 0.6 is 0 Å². The van der Waals surface area contributed by atoms with E-state index in [-0.39, 0.29) is 0 Å². The lowest BCUT2D eigenvalue weighted by Gasteiger charge is -2.13. The second-order valence-corrected chi connectivity index (χ2v) is 13.8. The fourth-order valence-corrected chi connectivity index (χ4v) is 8.84. The highest BCUT2D eigenvalue weighted by molar-refractivity contribution is 6.37. The molecule has 0 atom stereocenters. The zero-order chi connectivity index (χ0) is 33.9. The SMILES string of the molecule is c1ccc(-c2cccc(-c3nc(-n4c5ccccc5c5c6c7ccccc7n7c8ccc9ccccc9c8c(cc54)c67)c4ccccc4n3)c2)cc1. The number of hydrogen-bond acceptors (Lipinski definition) is 2. The molecule has 52 heavy (non-hydrogen) atoms. The minimum Gasteiger partial charge on any atom is -0.308 e. The van der Waals surface area contributed by atoms with Crippen LogP contribution in [-0.4, -0.2) is 18.9 Å². The molecular formula is C48H28N4. The third-order valence-corrected chi connectivity index (χ3v) is 11.0. The predicted molar refractivity (Wildman–Crippen MR) is 217 cm³/mol. The number of hydrogen-bond donors (Lipinski definition) is 0.